The second kappa shape index (κ2) is 11.0. The third-order valence-corrected chi connectivity index (χ3v) is 6.26. The molecule has 2 heterocycles. The standard InChI is InChI=1S/C27H22Cl2N2O6/c1-3-4-11-36-27(35)21-12-16(5-8-23(21)29)24-10-7-18(37-24)14-19-15(2)30-31(25(19)32)17-6-9-22(28)20(13-17)26(33)34/h5-10,12-14H,3-4,11H2,1-2H3,(H,33,34). The molecule has 10 heteroatoms. The van der Waals surface area contributed by atoms with Crippen LogP contribution in [0.25, 0.3) is 17.4 Å². The molecule has 0 fully saturated rings. The maximum atomic E-state index is 13.1. The zero-order chi connectivity index (χ0) is 26.7. The van der Waals surface area contributed by atoms with E-state index in [-0.39, 0.29) is 32.4 Å². The zero-order valence-electron chi connectivity index (χ0n) is 20.0. The second-order valence-electron chi connectivity index (χ2n) is 8.22. The lowest BCUT2D eigenvalue weighted by molar-refractivity contribution is -0.114. The van der Waals surface area contributed by atoms with Gasteiger partial charge in [0.25, 0.3) is 5.91 Å². The van der Waals surface area contributed by atoms with Gasteiger partial charge in [0.2, 0.25) is 0 Å². The molecule has 1 N–H and O–H groups in total. The number of nitrogens with zero attached hydrogens (tertiary/aromatic N) is 2. The van der Waals surface area contributed by atoms with Crippen molar-refractivity contribution < 1.29 is 28.6 Å². The number of rotatable bonds is 8. The van der Waals surface area contributed by atoms with E-state index in [9.17, 15) is 19.5 Å². The highest BCUT2D eigenvalue weighted by Gasteiger charge is 2.30. The molecule has 2 aromatic carbocycles. The third-order valence-electron chi connectivity index (χ3n) is 5.60. The van der Waals surface area contributed by atoms with Crippen molar-refractivity contribution in [1.82, 2.24) is 0 Å². The third kappa shape index (κ3) is 5.60. The number of benzene rings is 2. The highest BCUT2D eigenvalue weighted by atomic mass is 35.5. The molecule has 1 aromatic heterocycles. The van der Waals surface area contributed by atoms with E-state index >= 15 is 0 Å². The molecule has 0 saturated carbocycles. The molecule has 0 spiro atoms. The fourth-order valence-electron chi connectivity index (χ4n) is 3.62. The van der Waals surface area contributed by atoms with Crippen LogP contribution in [0.5, 0.6) is 0 Å². The summed E-state index contributed by atoms with van der Waals surface area (Å²) in [6.45, 7) is 3.98. The van der Waals surface area contributed by atoms with Gasteiger partial charge in [-0.05, 0) is 68.0 Å². The first kappa shape index (κ1) is 26.2. The number of carbonyl (C=O) groups excluding carboxylic acids is 2. The van der Waals surface area contributed by atoms with Gasteiger partial charge in [-0.1, -0.05) is 36.5 Å². The van der Waals surface area contributed by atoms with E-state index in [0.717, 1.165) is 17.9 Å². The molecule has 0 radical (unpaired) electrons. The molecule has 0 bridgehead atoms. The lowest BCUT2D eigenvalue weighted by Gasteiger charge is -2.12. The van der Waals surface area contributed by atoms with Crippen LogP contribution in [0.4, 0.5) is 5.69 Å². The lowest BCUT2D eigenvalue weighted by Crippen LogP contribution is -2.21. The molecule has 0 saturated heterocycles. The number of carboxylic acid groups (broad SMARTS) is 1. The molecule has 0 atom stereocenters. The number of carboxylic acids is 1. The average molecular weight is 541 g/mol. The fraction of sp³-hybridized carbons (Fsp3) is 0.185. The average Bonchev–Trinajstić information content (AvgIpc) is 3.45. The number of esters is 1. The number of carbonyl (C=O) groups is 3. The molecule has 3 aromatic rings. The van der Waals surface area contributed by atoms with E-state index in [4.69, 9.17) is 32.4 Å². The van der Waals surface area contributed by atoms with E-state index in [2.05, 4.69) is 5.10 Å². The maximum Gasteiger partial charge on any atom is 0.339 e. The minimum atomic E-state index is -1.21. The summed E-state index contributed by atoms with van der Waals surface area (Å²) in [5.74, 6) is -1.31. The molecule has 1 aliphatic heterocycles. The SMILES string of the molecule is CCCCOC(=O)c1cc(-c2ccc(C=C3C(=O)N(c4ccc(Cl)c(C(=O)O)c4)N=C3C)o2)ccc1Cl. The van der Waals surface area contributed by atoms with Gasteiger partial charge in [0.05, 0.1) is 44.8 Å². The quantitative estimate of drug-likeness (QED) is 0.193. The van der Waals surface area contributed by atoms with Crippen molar-refractivity contribution in [1.29, 1.82) is 0 Å². The predicted molar refractivity (Wildman–Crippen MR) is 141 cm³/mol. The summed E-state index contributed by atoms with van der Waals surface area (Å²) in [5, 5.41) is 15.0. The van der Waals surface area contributed by atoms with Crippen LogP contribution in [-0.4, -0.2) is 35.3 Å². The monoisotopic (exact) mass is 540 g/mol. The minimum absolute atomic E-state index is 0.0575. The number of ether oxygens (including phenoxy) is 1. The van der Waals surface area contributed by atoms with Crippen molar-refractivity contribution in [2.24, 2.45) is 5.10 Å². The van der Waals surface area contributed by atoms with Crippen molar-refractivity contribution >= 4 is 58.5 Å². The van der Waals surface area contributed by atoms with Crippen LogP contribution in [0.1, 0.15) is 53.2 Å². The number of aromatic carboxylic acids is 1. The van der Waals surface area contributed by atoms with Gasteiger partial charge in [-0.3, -0.25) is 4.79 Å². The Balaban J connectivity index is 1.57. The van der Waals surface area contributed by atoms with Crippen LogP contribution in [0.15, 0.2) is 63.6 Å². The highest BCUT2D eigenvalue weighted by molar-refractivity contribution is 6.35. The smallest absolute Gasteiger partial charge is 0.339 e. The first-order valence-electron chi connectivity index (χ1n) is 11.4. The Hall–Kier alpha value is -3.88. The Morgan fingerprint density at radius 2 is 1.81 bits per heavy atom. The molecular weight excluding hydrogens is 519 g/mol. The largest absolute Gasteiger partial charge is 0.478 e. The van der Waals surface area contributed by atoms with Gasteiger partial charge in [0.1, 0.15) is 11.5 Å². The van der Waals surface area contributed by atoms with E-state index in [0.29, 0.717) is 29.4 Å². The van der Waals surface area contributed by atoms with Crippen LogP contribution in [0.2, 0.25) is 10.0 Å². The number of halogens is 2. The predicted octanol–water partition coefficient (Wildman–Crippen LogP) is 6.71. The molecule has 0 aliphatic carbocycles. The van der Waals surface area contributed by atoms with Gasteiger partial charge in [-0.15, -0.1) is 0 Å². The highest BCUT2D eigenvalue weighted by Crippen LogP contribution is 2.31. The van der Waals surface area contributed by atoms with E-state index in [1.807, 2.05) is 6.92 Å². The molecule has 190 valence electrons. The summed E-state index contributed by atoms with van der Waals surface area (Å²) in [7, 11) is 0. The number of furan rings is 1. The van der Waals surface area contributed by atoms with E-state index < -0.39 is 17.8 Å². The van der Waals surface area contributed by atoms with Gasteiger partial charge in [0, 0.05) is 5.56 Å². The van der Waals surface area contributed by atoms with Gasteiger partial charge in [-0.25, -0.2) is 9.59 Å². The van der Waals surface area contributed by atoms with Crippen LogP contribution >= 0.6 is 23.2 Å². The number of amides is 1. The number of hydrazone groups is 1. The lowest BCUT2D eigenvalue weighted by atomic mass is 10.1. The van der Waals surface area contributed by atoms with Crippen molar-refractivity contribution in [2.75, 3.05) is 11.6 Å². The van der Waals surface area contributed by atoms with Gasteiger partial charge in [0.15, 0.2) is 0 Å². The molecule has 0 unspecified atom stereocenters. The Morgan fingerprint density at radius 1 is 1.08 bits per heavy atom. The van der Waals surface area contributed by atoms with Crippen LogP contribution in [-0.2, 0) is 9.53 Å². The van der Waals surface area contributed by atoms with Gasteiger partial charge >= 0.3 is 11.9 Å². The first-order valence-corrected chi connectivity index (χ1v) is 12.2. The van der Waals surface area contributed by atoms with Crippen LogP contribution in [0.3, 0.4) is 0 Å². The summed E-state index contributed by atoms with van der Waals surface area (Å²) in [6, 6.07) is 12.5. The Labute approximate surface area is 222 Å². The topological polar surface area (TPSA) is 109 Å². The first-order chi connectivity index (χ1) is 17.7. The Morgan fingerprint density at radius 3 is 2.54 bits per heavy atom. The zero-order valence-corrected chi connectivity index (χ0v) is 21.5. The summed E-state index contributed by atoms with van der Waals surface area (Å²) in [4.78, 5) is 36.9. The van der Waals surface area contributed by atoms with Crippen molar-refractivity contribution in [3.05, 3.63) is 81.0 Å². The van der Waals surface area contributed by atoms with Crippen molar-refractivity contribution in [3.63, 3.8) is 0 Å². The van der Waals surface area contributed by atoms with Crippen LogP contribution < -0.4 is 5.01 Å². The molecular formula is C27H22Cl2N2O6. The van der Waals surface area contributed by atoms with E-state index in [1.165, 1.54) is 18.2 Å². The number of anilines is 1. The maximum absolute atomic E-state index is 13.1. The Bertz CT molecular complexity index is 1460. The van der Waals surface area contributed by atoms with E-state index in [1.54, 1.807) is 43.3 Å². The summed E-state index contributed by atoms with van der Waals surface area (Å²) >= 11 is 12.1. The second-order valence-corrected chi connectivity index (χ2v) is 9.03. The number of unbranched alkanes of at least 4 members (excludes halogenated alkanes) is 1. The normalized spacial score (nSPS) is 14.3. The molecule has 1 aliphatic rings. The number of hydrogen-bond donors (Lipinski definition) is 1. The minimum Gasteiger partial charge on any atom is -0.478 e. The van der Waals surface area contributed by atoms with Gasteiger partial charge < -0.3 is 14.3 Å². The summed E-state index contributed by atoms with van der Waals surface area (Å²) in [6.07, 6.45) is 3.21. The Kier molecular flexibility index (Phi) is 7.80. The molecule has 37 heavy (non-hydrogen) atoms. The van der Waals surface area contributed by atoms with Crippen LogP contribution in [0, 0.1) is 0 Å². The summed E-state index contributed by atoms with van der Waals surface area (Å²) in [5.41, 5.74) is 1.70. The number of hydrogen-bond acceptors (Lipinski definition) is 6. The fourth-order valence-corrected chi connectivity index (χ4v) is 4.01. The molecule has 1 amide bonds. The molecule has 4 rings (SSSR count). The van der Waals surface area contributed by atoms with Gasteiger partial charge in [-0.2, -0.15) is 10.1 Å². The van der Waals surface area contributed by atoms with Crippen molar-refractivity contribution in [3.8, 4) is 11.3 Å². The van der Waals surface area contributed by atoms with Crippen molar-refractivity contribution in [2.45, 2.75) is 26.7 Å². The summed E-state index contributed by atoms with van der Waals surface area (Å²) < 4.78 is 11.2. The molecule has 8 nitrogen and oxygen atoms in total.